The van der Waals surface area contributed by atoms with Crippen molar-refractivity contribution >= 4 is 0 Å². The first-order valence-electron chi connectivity index (χ1n) is 16.1. The normalized spacial score (nSPS) is 16.1. The molecule has 8 nitrogen and oxygen atoms in total. The highest BCUT2D eigenvalue weighted by Gasteiger charge is 2.22. The third kappa shape index (κ3) is 15.3. The van der Waals surface area contributed by atoms with Crippen LogP contribution in [0.2, 0.25) is 0 Å². The van der Waals surface area contributed by atoms with E-state index in [1.54, 1.807) is 21.3 Å². The maximum atomic E-state index is 9.73. The largest absolute Gasteiger partial charge is 0.493 e. The molecule has 1 heterocycles. The predicted molar refractivity (Wildman–Crippen MR) is 175 cm³/mol. The van der Waals surface area contributed by atoms with Crippen LogP contribution < -0.4 is 19.5 Å². The number of ether oxygens (including phenoxy) is 4. The molecule has 0 aromatic heterocycles. The summed E-state index contributed by atoms with van der Waals surface area (Å²) in [7, 11) is 4.90. The Bertz CT molecular complexity index is 959. The van der Waals surface area contributed by atoms with Gasteiger partial charge in [-0.2, -0.15) is 0 Å². The lowest BCUT2D eigenvalue weighted by Gasteiger charge is -2.30. The Morgan fingerprint density at radius 1 is 0.837 bits per heavy atom. The van der Waals surface area contributed by atoms with Crippen molar-refractivity contribution < 1.29 is 29.2 Å². The monoisotopic (exact) mass is 602 g/mol. The van der Waals surface area contributed by atoms with Gasteiger partial charge in [-0.1, -0.05) is 51.3 Å². The highest BCUT2D eigenvalue weighted by atomic mass is 16.5. The summed E-state index contributed by atoms with van der Waals surface area (Å²) in [5, 5.41) is 21.6. The molecule has 2 aromatic carbocycles. The van der Waals surface area contributed by atoms with Crippen molar-refractivity contribution in [3.63, 3.8) is 0 Å². The van der Waals surface area contributed by atoms with Gasteiger partial charge >= 0.3 is 0 Å². The van der Waals surface area contributed by atoms with Crippen LogP contribution in [0.5, 0.6) is 17.2 Å². The van der Waals surface area contributed by atoms with E-state index in [-0.39, 0.29) is 6.61 Å². The van der Waals surface area contributed by atoms with Crippen LogP contribution in [0.25, 0.3) is 0 Å². The summed E-state index contributed by atoms with van der Waals surface area (Å²) in [4.78, 5) is 2.72. The maximum absolute atomic E-state index is 9.73. The molecule has 1 atom stereocenters. The lowest BCUT2D eigenvalue weighted by Crippen LogP contribution is -2.35. The zero-order valence-electron chi connectivity index (χ0n) is 27.4. The van der Waals surface area contributed by atoms with Gasteiger partial charge < -0.3 is 39.4 Å². The van der Waals surface area contributed by atoms with E-state index in [2.05, 4.69) is 10.2 Å². The number of nitrogens with zero attached hydrogens (tertiary/aromatic N) is 1. The predicted octanol–water partition coefficient (Wildman–Crippen LogP) is 5.27. The summed E-state index contributed by atoms with van der Waals surface area (Å²) >= 11 is 0. The van der Waals surface area contributed by atoms with Crippen LogP contribution in [-0.2, 0) is 17.6 Å². The molecular formula is C35H58N2O6. The zero-order chi connectivity index (χ0) is 31.3. The molecule has 8 heteroatoms. The number of rotatable bonds is 14. The maximum Gasteiger partial charge on any atom is 0.160 e. The van der Waals surface area contributed by atoms with Crippen LogP contribution in [0.3, 0.4) is 0 Å². The Morgan fingerprint density at radius 2 is 1.49 bits per heavy atom. The summed E-state index contributed by atoms with van der Waals surface area (Å²) < 4.78 is 20.8. The Balaban J connectivity index is 0.000000235. The molecule has 0 bridgehead atoms. The Hall–Kier alpha value is -2.36. The molecule has 1 saturated carbocycles. The molecule has 3 N–H and O–H groups in total. The first-order valence-corrected chi connectivity index (χ1v) is 16.1. The molecule has 2 fully saturated rings. The minimum absolute atomic E-state index is 0.148. The second-order valence-corrected chi connectivity index (χ2v) is 11.6. The van der Waals surface area contributed by atoms with Crippen molar-refractivity contribution in [2.75, 3.05) is 60.8 Å². The summed E-state index contributed by atoms with van der Waals surface area (Å²) in [6.45, 7) is 8.60. The van der Waals surface area contributed by atoms with Gasteiger partial charge in [0.15, 0.2) is 11.5 Å². The molecule has 244 valence electrons. The second-order valence-electron chi connectivity index (χ2n) is 11.6. The number of methoxy groups -OCH3 is 3. The average Bonchev–Trinajstić information content (AvgIpc) is 3.59. The number of nitrogens with one attached hydrogen (secondary N) is 1. The van der Waals surface area contributed by atoms with Crippen molar-refractivity contribution in [1.29, 1.82) is 0 Å². The molecule has 0 radical (unpaired) electrons. The fourth-order valence-electron chi connectivity index (χ4n) is 5.31. The number of likely N-dealkylation sites (tertiary alicyclic amines) is 1. The van der Waals surface area contributed by atoms with Crippen molar-refractivity contribution in [3.8, 4) is 17.2 Å². The van der Waals surface area contributed by atoms with Gasteiger partial charge in [0.05, 0.1) is 20.8 Å². The molecule has 0 amide bonds. The van der Waals surface area contributed by atoms with Crippen LogP contribution in [0.15, 0.2) is 42.5 Å². The van der Waals surface area contributed by atoms with Crippen LogP contribution in [0.1, 0.15) is 69.9 Å². The molecule has 2 aliphatic rings. The van der Waals surface area contributed by atoms with E-state index >= 15 is 0 Å². The van der Waals surface area contributed by atoms with E-state index in [0.29, 0.717) is 37.1 Å². The number of hydrogen-bond acceptors (Lipinski definition) is 8. The number of aliphatic hydroxyl groups is 2. The fourth-order valence-corrected chi connectivity index (χ4v) is 5.31. The number of aliphatic hydroxyl groups excluding tert-OH is 2. The molecule has 1 saturated heterocycles. The lowest BCUT2D eigenvalue weighted by molar-refractivity contribution is 0.104. The first-order chi connectivity index (χ1) is 20.9. The minimum Gasteiger partial charge on any atom is -0.493 e. The third-order valence-corrected chi connectivity index (χ3v) is 7.80. The molecule has 2 aromatic rings. The summed E-state index contributed by atoms with van der Waals surface area (Å²) in [6.07, 6.45) is 11.4. The van der Waals surface area contributed by atoms with Gasteiger partial charge in [-0.3, -0.25) is 0 Å². The SMILES string of the molecule is C1CCC(N2CCCC2)CC1.COCCc1ccc(OCC(O)CNC(C)C)cc1.COc1ccc(CCO)cc1OC. The topological polar surface area (TPSA) is 92.7 Å². The van der Waals surface area contributed by atoms with Gasteiger partial charge in [-0.25, -0.2) is 0 Å². The van der Waals surface area contributed by atoms with Gasteiger partial charge in [-0.15, -0.1) is 0 Å². The summed E-state index contributed by atoms with van der Waals surface area (Å²) in [6, 6.07) is 14.9. The van der Waals surface area contributed by atoms with Crippen molar-refractivity contribution in [3.05, 3.63) is 53.6 Å². The van der Waals surface area contributed by atoms with Crippen molar-refractivity contribution in [1.82, 2.24) is 10.2 Å². The molecule has 1 aliphatic heterocycles. The smallest absolute Gasteiger partial charge is 0.160 e. The molecule has 1 unspecified atom stereocenters. The van der Waals surface area contributed by atoms with Crippen LogP contribution >= 0.6 is 0 Å². The van der Waals surface area contributed by atoms with Gasteiger partial charge in [-0.05, 0) is 87.0 Å². The van der Waals surface area contributed by atoms with Gasteiger partial charge in [0.1, 0.15) is 18.5 Å². The van der Waals surface area contributed by atoms with Crippen LogP contribution in [0, 0.1) is 0 Å². The van der Waals surface area contributed by atoms with Gasteiger partial charge in [0, 0.05) is 32.3 Å². The van der Waals surface area contributed by atoms with E-state index in [1.807, 2.05) is 56.3 Å². The Labute approximate surface area is 260 Å². The average molecular weight is 603 g/mol. The Kier molecular flexibility index (Phi) is 19.0. The summed E-state index contributed by atoms with van der Waals surface area (Å²) in [5.41, 5.74) is 2.26. The molecule has 0 spiro atoms. The van der Waals surface area contributed by atoms with E-state index in [4.69, 9.17) is 24.1 Å². The lowest BCUT2D eigenvalue weighted by atomic mass is 9.94. The van der Waals surface area contributed by atoms with Crippen molar-refractivity contribution in [2.24, 2.45) is 0 Å². The fraction of sp³-hybridized carbons (Fsp3) is 0.657. The molecular weight excluding hydrogens is 544 g/mol. The number of benzene rings is 2. The van der Waals surface area contributed by atoms with Gasteiger partial charge in [0.25, 0.3) is 0 Å². The van der Waals surface area contributed by atoms with Gasteiger partial charge in [0.2, 0.25) is 0 Å². The van der Waals surface area contributed by atoms with E-state index < -0.39 is 6.10 Å². The first kappa shape index (κ1) is 36.8. The zero-order valence-corrected chi connectivity index (χ0v) is 27.4. The minimum atomic E-state index is -0.490. The highest BCUT2D eigenvalue weighted by molar-refractivity contribution is 5.42. The van der Waals surface area contributed by atoms with Crippen LogP contribution in [-0.4, -0.2) is 94.1 Å². The summed E-state index contributed by atoms with van der Waals surface area (Å²) in [5.74, 6) is 2.20. The quantitative estimate of drug-likeness (QED) is 0.270. The van der Waals surface area contributed by atoms with Crippen LogP contribution in [0.4, 0.5) is 0 Å². The van der Waals surface area contributed by atoms with E-state index in [0.717, 1.165) is 30.4 Å². The van der Waals surface area contributed by atoms with E-state index in [9.17, 15) is 5.11 Å². The van der Waals surface area contributed by atoms with E-state index in [1.165, 1.54) is 63.6 Å². The third-order valence-electron chi connectivity index (χ3n) is 7.80. The highest BCUT2D eigenvalue weighted by Crippen LogP contribution is 2.27. The second kappa shape index (κ2) is 22.2. The van der Waals surface area contributed by atoms with Crippen molar-refractivity contribution in [2.45, 2.75) is 89.8 Å². The molecule has 1 aliphatic carbocycles. The Morgan fingerprint density at radius 3 is 2.07 bits per heavy atom. The standard InChI is InChI=1S/C15H25NO3.C10H19N.C10H14O3/c1-12(2)16-10-14(17)11-19-15-6-4-13(5-7-15)8-9-18-3;1-2-6-10(7-3-1)11-8-4-5-9-11;1-12-9-4-3-8(5-6-11)7-10(9)13-2/h4-7,12,14,16-17H,8-11H2,1-3H3;10H,1-9H2;3-4,7,11H,5-6H2,1-2H3. The molecule has 43 heavy (non-hydrogen) atoms. The number of hydrogen-bond donors (Lipinski definition) is 3. The molecule has 4 rings (SSSR count).